The van der Waals surface area contributed by atoms with Gasteiger partial charge in [-0.05, 0) is 55.8 Å². The van der Waals surface area contributed by atoms with Crippen molar-refractivity contribution in [1.82, 2.24) is 4.90 Å². The molecule has 1 fully saturated rings. The maximum Gasteiger partial charge on any atom is 0.295 e. The molecule has 164 valence electrons. The molecule has 1 aliphatic heterocycles. The minimum atomic E-state index is -0.875. The molecule has 1 aliphatic rings. The van der Waals surface area contributed by atoms with E-state index in [0.717, 1.165) is 0 Å². The van der Waals surface area contributed by atoms with E-state index in [-0.39, 0.29) is 41.4 Å². The van der Waals surface area contributed by atoms with E-state index in [1.165, 1.54) is 24.1 Å². The fraction of sp³-hybridized carbons (Fsp3) is 0.304. The van der Waals surface area contributed by atoms with E-state index in [9.17, 15) is 19.8 Å². The van der Waals surface area contributed by atoms with Crippen LogP contribution in [0.4, 0.5) is 0 Å². The third-order valence-electron chi connectivity index (χ3n) is 4.86. The fourth-order valence-corrected chi connectivity index (χ4v) is 3.65. The molecular weight excluding hydrogens is 422 g/mol. The van der Waals surface area contributed by atoms with Crippen LogP contribution in [0.2, 0.25) is 5.02 Å². The first-order chi connectivity index (χ1) is 14.7. The van der Waals surface area contributed by atoms with Gasteiger partial charge in [0.1, 0.15) is 17.3 Å². The monoisotopic (exact) mass is 445 g/mol. The summed E-state index contributed by atoms with van der Waals surface area (Å²) in [4.78, 5) is 27.0. The molecule has 1 atom stereocenters. The number of Topliss-reactive ketones (excluding diaryl/α,β-unsaturated/α-hetero) is 1. The van der Waals surface area contributed by atoms with Crippen molar-refractivity contribution >= 4 is 29.1 Å². The van der Waals surface area contributed by atoms with Gasteiger partial charge in [-0.3, -0.25) is 9.59 Å². The van der Waals surface area contributed by atoms with Crippen LogP contribution in [0.3, 0.4) is 0 Å². The van der Waals surface area contributed by atoms with Gasteiger partial charge in [-0.1, -0.05) is 17.7 Å². The Kier molecular flexibility index (Phi) is 6.87. The SMILES string of the molecule is COCCN1C(=O)C(=O)/C(=C(\O)c2ccc(OC(C)C)cc2)C1c1ccc(O)c(Cl)c1. The van der Waals surface area contributed by atoms with E-state index in [1.807, 2.05) is 13.8 Å². The van der Waals surface area contributed by atoms with Gasteiger partial charge in [-0.2, -0.15) is 0 Å². The molecule has 3 rings (SSSR count). The largest absolute Gasteiger partial charge is 0.507 e. The zero-order chi connectivity index (χ0) is 22.7. The van der Waals surface area contributed by atoms with Gasteiger partial charge in [0.05, 0.1) is 29.3 Å². The lowest BCUT2D eigenvalue weighted by molar-refractivity contribution is -0.140. The van der Waals surface area contributed by atoms with E-state index in [0.29, 0.717) is 16.9 Å². The number of benzene rings is 2. The molecule has 0 saturated carbocycles. The topological polar surface area (TPSA) is 96.3 Å². The Bertz CT molecular complexity index is 1020. The number of nitrogens with zero attached hydrogens (tertiary/aromatic N) is 1. The Morgan fingerprint density at radius 2 is 1.84 bits per heavy atom. The number of phenolic OH excluding ortho intramolecular Hbond substituents is 1. The van der Waals surface area contributed by atoms with E-state index < -0.39 is 17.7 Å². The number of halogens is 1. The number of ether oxygens (including phenoxy) is 2. The van der Waals surface area contributed by atoms with Crippen LogP contribution in [-0.4, -0.2) is 53.2 Å². The van der Waals surface area contributed by atoms with Gasteiger partial charge >= 0.3 is 0 Å². The fourth-order valence-electron chi connectivity index (χ4n) is 3.46. The molecule has 1 unspecified atom stereocenters. The van der Waals surface area contributed by atoms with Gasteiger partial charge < -0.3 is 24.6 Å². The number of amides is 1. The first kappa shape index (κ1) is 22.7. The number of rotatable bonds is 7. The molecule has 2 aromatic rings. The summed E-state index contributed by atoms with van der Waals surface area (Å²) in [5.41, 5.74) is 0.801. The summed E-state index contributed by atoms with van der Waals surface area (Å²) in [6.45, 7) is 4.15. The van der Waals surface area contributed by atoms with Gasteiger partial charge in [0, 0.05) is 19.2 Å². The Labute approximate surface area is 185 Å². The van der Waals surface area contributed by atoms with Crippen LogP contribution in [0.1, 0.15) is 31.0 Å². The quantitative estimate of drug-likeness (QED) is 0.381. The molecule has 0 aliphatic carbocycles. The summed E-state index contributed by atoms with van der Waals surface area (Å²) in [7, 11) is 1.49. The number of aliphatic hydroxyl groups excluding tert-OH is 1. The molecule has 1 amide bonds. The molecule has 7 nitrogen and oxygen atoms in total. The van der Waals surface area contributed by atoms with E-state index >= 15 is 0 Å². The molecule has 1 heterocycles. The van der Waals surface area contributed by atoms with Crippen LogP contribution < -0.4 is 4.74 Å². The summed E-state index contributed by atoms with van der Waals surface area (Å²) < 4.78 is 10.7. The highest BCUT2D eigenvalue weighted by Gasteiger charge is 2.46. The summed E-state index contributed by atoms with van der Waals surface area (Å²) in [6, 6.07) is 10.1. The number of carbonyl (C=O) groups excluding carboxylic acids is 2. The average molecular weight is 446 g/mol. The number of carbonyl (C=O) groups is 2. The van der Waals surface area contributed by atoms with Crippen molar-refractivity contribution < 1.29 is 29.3 Å². The average Bonchev–Trinajstić information content (AvgIpc) is 2.98. The highest BCUT2D eigenvalue weighted by atomic mass is 35.5. The highest BCUT2D eigenvalue weighted by Crippen LogP contribution is 2.41. The van der Waals surface area contributed by atoms with Crippen molar-refractivity contribution in [1.29, 1.82) is 0 Å². The van der Waals surface area contributed by atoms with Gasteiger partial charge in [-0.15, -0.1) is 0 Å². The Hall–Kier alpha value is -3.03. The van der Waals surface area contributed by atoms with E-state index in [4.69, 9.17) is 21.1 Å². The first-order valence-corrected chi connectivity index (χ1v) is 10.1. The summed E-state index contributed by atoms with van der Waals surface area (Å²) in [6.07, 6.45) is -0.00944. The second-order valence-corrected chi connectivity index (χ2v) is 7.79. The van der Waals surface area contributed by atoms with Crippen LogP contribution in [0.25, 0.3) is 5.76 Å². The number of aliphatic hydroxyl groups is 1. The Morgan fingerprint density at radius 3 is 2.42 bits per heavy atom. The van der Waals surface area contributed by atoms with Crippen molar-refractivity contribution in [2.45, 2.75) is 26.0 Å². The zero-order valence-corrected chi connectivity index (χ0v) is 18.2. The molecule has 1 saturated heterocycles. The lowest BCUT2D eigenvalue weighted by atomic mass is 9.95. The minimum absolute atomic E-state index is 0.00944. The van der Waals surface area contributed by atoms with Crippen molar-refractivity contribution in [3.05, 3.63) is 64.2 Å². The normalized spacial score (nSPS) is 18.1. The van der Waals surface area contributed by atoms with Crippen molar-refractivity contribution in [3.63, 3.8) is 0 Å². The van der Waals surface area contributed by atoms with Crippen molar-refractivity contribution in [3.8, 4) is 11.5 Å². The molecule has 2 aromatic carbocycles. The van der Waals surface area contributed by atoms with E-state index in [2.05, 4.69) is 0 Å². The number of likely N-dealkylation sites (tertiary alicyclic amines) is 1. The van der Waals surface area contributed by atoms with E-state index in [1.54, 1.807) is 30.3 Å². The van der Waals surface area contributed by atoms with Crippen LogP contribution >= 0.6 is 11.6 Å². The summed E-state index contributed by atoms with van der Waals surface area (Å²) in [5, 5.41) is 20.8. The lowest BCUT2D eigenvalue weighted by Gasteiger charge is -2.25. The number of methoxy groups -OCH3 is 1. The first-order valence-electron chi connectivity index (χ1n) is 9.77. The number of phenols is 1. The van der Waals surface area contributed by atoms with Crippen LogP contribution in [-0.2, 0) is 14.3 Å². The number of hydrogen-bond donors (Lipinski definition) is 2. The van der Waals surface area contributed by atoms with Gasteiger partial charge in [0.2, 0.25) is 0 Å². The van der Waals surface area contributed by atoms with Crippen LogP contribution in [0, 0.1) is 0 Å². The molecule has 0 bridgehead atoms. The predicted molar refractivity (Wildman–Crippen MR) is 116 cm³/mol. The Morgan fingerprint density at radius 1 is 1.16 bits per heavy atom. The van der Waals surface area contributed by atoms with Gasteiger partial charge in [0.15, 0.2) is 0 Å². The molecule has 8 heteroatoms. The summed E-state index contributed by atoms with van der Waals surface area (Å²) >= 11 is 6.06. The molecular formula is C23H24ClNO6. The number of aromatic hydroxyl groups is 1. The predicted octanol–water partition coefficient (Wildman–Crippen LogP) is 3.90. The highest BCUT2D eigenvalue weighted by molar-refractivity contribution is 6.46. The molecule has 31 heavy (non-hydrogen) atoms. The third kappa shape index (κ3) is 4.68. The molecule has 0 radical (unpaired) electrons. The molecule has 0 aromatic heterocycles. The van der Waals surface area contributed by atoms with Gasteiger partial charge in [0.25, 0.3) is 11.7 Å². The minimum Gasteiger partial charge on any atom is -0.507 e. The number of ketones is 1. The zero-order valence-electron chi connectivity index (χ0n) is 17.5. The van der Waals surface area contributed by atoms with Crippen LogP contribution in [0.15, 0.2) is 48.0 Å². The van der Waals surface area contributed by atoms with Gasteiger partial charge in [-0.25, -0.2) is 0 Å². The Balaban J connectivity index is 2.10. The summed E-state index contributed by atoms with van der Waals surface area (Å²) in [5.74, 6) is -1.35. The third-order valence-corrected chi connectivity index (χ3v) is 5.17. The second-order valence-electron chi connectivity index (χ2n) is 7.39. The smallest absolute Gasteiger partial charge is 0.295 e. The second kappa shape index (κ2) is 9.41. The standard InChI is InChI=1S/C23H24ClNO6/c1-13(2)31-16-7-4-14(5-8-16)21(27)19-20(15-6-9-18(26)17(24)12-15)25(10-11-30-3)23(29)22(19)28/h4-9,12-13,20,26-27H,10-11H2,1-3H3/b21-19-. The maximum atomic E-state index is 12.9. The molecule has 2 N–H and O–H groups in total. The lowest BCUT2D eigenvalue weighted by Crippen LogP contribution is -2.32. The van der Waals surface area contributed by atoms with Crippen molar-refractivity contribution in [2.75, 3.05) is 20.3 Å². The van der Waals surface area contributed by atoms with Crippen LogP contribution in [0.5, 0.6) is 11.5 Å². The number of hydrogen-bond acceptors (Lipinski definition) is 6. The molecule has 0 spiro atoms. The maximum absolute atomic E-state index is 12.9. The van der Waals surface area contributed by atoms with Crippen molar-refractivity contribution in [2.24, 2.45) is 0 Å².